The Kier molecular flexibility index (Phi) is 3.76. The molecular formula is C18H20N2O. The van der Waals surface area contributed by atoms with E-state index in [9.17, 15) is 4.79 Å². The maximum Gasteiger partial charge on any atom is 0.241 e. The molecular weight excluding hydrogens is 260 g/mol. The van der Waals surface area contributed by atoms with Gasteiger partial charge in [0, 0.05) is 5.69 Å². The van der Waals surface area contributed by atoms with E-state index in [2.05, 4.69) is 41.7 Å². The summed E-state index contributed by atoms with van der Waals surface area (Å²) in [6.45, 7) is 2.03. The second kappa shape index (κ2) is 5.70. The first kappa shape index (κ1) is 13.8. The number of amides is 1. The van der Waals surface area contributed by atoms with E-state index in [1.165, 1.54) is 22.3 Å². The topological polar surface area (TPSA) is 55.1 Å². The highest BCUT2D eigenvalue weighted by molar-refractivity contribution is 5.95. The Hall–Kier alpha value is -2.13. The molecule has 1 aliphatic rings. The number of carbonyl (C=O) groups excluding carboxylic acids is 1. The van der Waals surface area contributed by atoms with Gasteiger partial charge in [-0.2, -0.15) is 0 Å². The minimum absolute atomic E-state index is 0.104. The summed E-state index contributed by atoms with van der Waals surface area (Å²) in [7, 11) is 0. The predicted octanol–water partition coefficient (Wildman–Crippen LogP) is 3.32. The summed E-state index contributed by atoms with van der Waals surface area (Å²) in [5.74, 6) is -0.104. The van der Waals surface area contributed by atoms with Crippen LogP contribution in [0.3, 0.4) is 0 Å². The summed E-state index contributed by atoms with van der Waals surface area (Å²) in [4.78, 5) is 12.0. The van der Waals surface area contributed by atoms with Gasteiger partial charge in [0.15, 0.2) is 0 Å². The van der Waals surface area contributed by atoms with E-state index >= 15 is 0 Å². The molecule has 1 aliphatic carbocycles. The van der Waals surface area contributed by atoms with Crippen LogP contribution in [-0.4, -0.2) is 11.9 Å². The summed E-state index contributed by atoms with van der Waals surface area (Å²) >= 11 is 0. The van der Waals surface area contributed by atoms with Gasteiger partial charge in [0.1, 0.15) is 0 Å². The maximum atomic E-state index is 12.0. The van der Waals surface area contributed by atoms with Crippen LogP contribution in [0.1, 0.15) is 30.9 Å². The van der Waals surface area contributed by atoms with Crippen LogP contribution in [0.25, 0.3) is 11.1 Å². The zero-order valence-electron chi connectivity index (χ0n) is 12.2. The van der Waals surface area contributed by atoms with E-state index in [0.717, 1.165) is 18.5 Å². The maximum absolute atomic E-state index is 12.0. The Bertz CT molecular complexity index is 679. The van der Waals surface area contributed by atoms with Crippen molar-refractivity contribution in [2.75, 3.05) is 5.32 Å². The summed E-state index contributed by atoms with van der Waals surface area (Å²) in [6, 6.07) is 14.1. The third kappa shape index (κ3) is 2.69. The standard InChI is InChI=1S/C18H20N2O/c1-2-5-17(19)18(21)20-14-8-9-16-13(11-14)10-12-6-3-4-7-15(12)16/h3-4,6-9,11,17H,2,5,10,19H2,1H3,(H,20,21). The molecule has 1 amide bonds. The average molecular weight is 280 g/mol. The second-order valence-corrected chi connectivity index (χ2v) is 5.59. The van der Waals surface area contributed by atoms with E-state index in [4.69, 9.17) is 5.73 Å². The van der Waals surface area contributed by atoms with E-state index in [1.807, 2.05) is 13.0 Å². The highest BCUT2D eigenvalue weighted by Gasteiger charge is 2.19. The van der Waals surface area contributed by atoms with E-state index in [-0.39, 0.29) is 5.91 Å². The van der Waals surface area contributed by atoms with Crippen molar-refractivity contribution >= 4 is 11.6 Å². The molecule has 0 bridgehead atoms. The van der Waals surface area contributed by atoms with E-state index < -0.39 is 6.04 Å². The fourth-order valence-electron chi connectivity index (χ4n) is 2.90. The number of nitrogens with one attached hydrogen (secondary N) is 1. The number of hydrogen-bond donors (Lipinski definition) is 2. The monoisotopic (exact) mass is 280 g/mol. The number of fused-ring (bicyclic) bond motifs is 3. The largest absolute Gasteiger partial charge is 0.325 e. The highest BCUT2D eigenvalue weighted by atomic mass is 16.2. The van der Waals surface area contributed by atoms with Crippen molar-refractivity contribution in [2.24, 2.45) is 5.73 Å². The van der Waals surface area contributed by atoms with Gasteiger partial charge in [-0.3, -0.25) is 4.79 Å². The Labute approximate surface area is 125 Å². The van der Waals surface area contributed by atoms with Crippen molar-refractivity contribution in [2.45, 2.75) is 32.2 Å². The molecule has 1 atom stereocenters. The number of hydrogen-bond acceptors (Lipinski definition) is 2. The van der Waals surface area contributed by atoms with Gasteiger partial charge < -0.3 is 11.1 Å². The lowest BCUT2D eigenvalue weighted by molar-refractivity contribution is -0.117. The van der Waals surface area contributed by atoms with Crippen molar-refractivity contribution in [3.05, 3.63) is 53.6 Å². The van der Waals surface area contributed by atoms with Gasteiger partial charge in [-0.1, -0.05) is 43.7 Å². The Morgan fingerprint density at radius 2 is 1.95 bits per heavy atom. The lowest BCUT2D eigenvalue weighted by Gasteiger charge is -2.12. The zero-order valence-corrected chi connectivity index (χ0v) is 12.2. The third-order valence-electron chi connectivity index (χ3n) is 4.00. The first-order chi connectivity index (χ1) is 10.2. The molecule has 2 aromatic carbocycles. The van der Waals surface area contributed by atoms with Gasteiger partial charge >= 0.3 is 0 Å². The average Bonchev–Trinajstić information content (AvgIpc) is 2.85. The summed E-state index contributed by atoms with van der Waals surface area (Å²) in [5, 5.41) is 2.92. The van der Waals surface area contributed by atoms with Gasteiger partial charge in [0.25, 0.3) is 0 Å². The molecule has 0 heterocycles. The van der Waals surface area contributed by atoms with Crippen molar-refractivity contribution in [1.29, 1.82) is 0 Å². The van der Waals surface area contributed by atoms with Crippen LogP contribution in [0.2, 0.25) is 0 Å². The molecule has 0 saturated heterocycles. The van der Waals surface area contributed by atoms with Crippen molar-refractivity contribution in [3.63, 3.8) is 0 Å². The molecule has 1 unspecified atom stereocenters. The van der Waals surface area contributed by atoms with Crippen molar-refractivity contribution in [1.82, 2.24) is 0 Å². The number of benzene rings is 2. The predicted molar refractivity (Wildman–Crippen MR) is 86.2 cm³/mol. The first-order valence-corrected chi connectivity index (χ1v) is 7.46. The van der Waals surface area contributed by atoms with Gasteiger partial charge in [-0.15, -0.1) is 0 Å². The molecule has 3 nitrogen and oxygen atoms in total. The normalized spacial score (nSPS) is 13.4. The molecule has 2 aromatic rings. The van der Waals surface area contributed by atoms with Crippen LogP contribution >= 0.6 is 0 Å². The second-order valence-electron chi connectivity index (χ2n) is 5.59. The fraction of sp³-hybridized carbons (Fsp3) is 0.278. The lowest BCUT2D eigenvalue weighted by Crippen LogP contribution is -2.35. The Morgan fingerprint density at radius 3 is 2.76 bits per heavy atom. The van der Waals surface area contributed by atoms with Gasteiger partial charge in [-0.05, 0) is 47.2 Å². The molecule has 21 heavy (non-hydrogen) atoms. The van der Waals surface area contributed by atoms with E-state index in [0.29, 0.717) is 6.42 Å². The highest BCUT2D eigenvalue weighted by Crippen LogP contribution is 2.37. The number of carbonyl (C=O) groups is 1. The molecule has 0 spiro atoms. The van der Waals surface area contributed by atoms with Crippen LogP contribution in [0.15, 0.2) is 42.5 Å². The summed E-state index contributed by atoms with van der Waals surface area (Å²) in [5.41, 5.74) is 11.8. The Morgan fingerprint density at radius 1 is 1.19 bits per heavy atom. The van der Waals surface area contributed by atoms with E-state index in [1.54, 1.807) is 0 Å². The van der Waals surface area contributed by atoms with Gasteiger partial charge in [-0.25, -0.2) is 0 Å². The van der Waals surface area contributed by atoms with Crippen molar-refractivity contribution < 1.29 is 4.79 Å². The van der Waals surface area contributed by atoms with Gasteiger partial charge in [0.2, 0.25) is 5.91 Å². The molecule has 0 aliphatic heterocycles. The molecule has 0 saturated carbocycles. The molecule has 3 rings (SSSR count). The summed E-state index contributed by atoms with van der Waals surface area (Å²) in [6.07, 6.45) is 2.55. The Balaban J connectivity index is 1.80. The quantitative estimate of drug-likeness (QED) is 0.770. The van der Waals surface area contributed by atoms with Crippen LogP contribution in [0, 0.1) is 0 Å². The molecule has 0 aromatic heterocycles. The van der Waals surface area contributed by atoms with Gasteiger partial charge in [0.05, 0.1) is 6.04 Å². The summed E-state index contributed by atoms with van der Waals surface area (Å²) < 4.78 is 0. The molecule has 3 N–H and O–H groups in total. The number of rotatable bonds is 4. The van der Waals surface area contributed by atoms with Crippen molar-refractivity contribution in [3.8, 4) is 11.1 Å². The third-order valence-corrected chi connectivity index (χ3v) is 4.00. The number of nitrogens with two attached hydrogens (primary N) is 1. The molecule has 3 heteroatoms. The number of anilines is 1. The molecule has 0 radical (unpaired) electrons. The van der Waals surface area contributed by atoms with Crippen LogP contribution in [-0.2, 0) is 11.2 Å². The lowest BCUT2D eigenvalue weighted by atomic mass is 10.1. The fourth-order valence-corrected chi connectivity index (χ4v) is 2.90. The van der Waals surface area contributed by atoms with Crippen LogP contribution in [0.5, 0.6) is 0 Å². The van der Waals surface area contributed by atoms with Crippen LogP contribution < -0.4 is 11.1 Å². The first-order valence-electron chi connectivity index (χ1n) is 7.46. The minimum Gasteiger partial charge on any atom is -0.325 e. The minimum atomic E-state index is -0.430. The smallest absolute Gasteiger partial charge is 0.241 e. The zero-order chi connectivity index (χ0) is 14.8. The SMILES string of the molecule is CCCC(N)C(=O)Nc1ccc2c(c1)Cc1ccccc1-2. The molecule has 108 valence electrons. The van der Waals surface area contributed by atoms with Crippen LogP contribution in [0.4, 0.5) is 5.69 Å². The molecule has 0 fully saturated rings.